The van der Waals surface area contributed by atoms with E-state index in [1.807, 2.05) is 47.5 Å². The molecule has 3 heterocycles. The summed E-state index contributed by atoms with van der Waals surface area (Å²) in [7, 11) is 0. The molecule has 260 valence electrons. The van der Waals surface area contributed by atoms with Crippen LogP contribution in [0.4, 0.5) is 0 Å². The Balaban J connectivity index is 1.23. The molecule has 1 aliphatic heterocycles. The lowest BCUT2D eigenvalue weighted by atomic mass is 9.86. The smallest absolute Gasteiger partial charge is 0.254 e. The zero-order valence-electron chi connectivity index (χ0n) is 29.1. The summed E-state index contributed by atoms with van der Waals surface area (Å²) >= 11 is 1.57. The Bertz CT molecular complexity index is 1900. The van der Waals surface area contributed by atoms with Gasteiger partial charge in [0.2, 0.25) is 5.89 Å². The minimum Gasteiger partial charge on any atom is -0.445 e. The number of benzene rings is 3. The Kier molecular flexibility index (Phi) is 10.9. The third kappa shape index (κ3) is 8.56. The highest BCUT2D eigenvalue weighted by molar-refractivity contribution is 7.09. The van der Waals surface area contributed by atoms with Crippen LogP contribution in [0.2, 0.25) is 0 Å². The second-order valence-electron chi connectivity index (χ2n) is 14.0. The molecule has 2 aromatic heterocycles. The first-order valence-corrected chi connectivity index (χ1v) is 18.0. The van der Waals surface area contributed by atoms with Crippen molar-refractivity contribution in [1.29, 1.82) is 0 Å². The van der Waals surface area contributed by atoms with Crippen molar-refractivity contribution < 1.29 is 19.1 Å². The first kappa shape index (κ1) is 35.2. The van der Waals surface area contributed by atoms with Crippen LogP contribution in [0, 0.1) is 6.92 Å². The summed E-state index contributed by atoms with van der Waals surface area (Å²) in [5.41, 5.74) is 5.49. The van der Waals surface area contributed by atoms with Crippen molar-refractivity contribution in [3.05, 3.63) is 129 Å². The number of aryl methyl sites for hydroxylation is 1. The highest BCUT2D eigenvalue weighted by Gasteiger charge is 2.33. The van der Waals surface area contributed by atoms with Crippen LogP contribution in [0.3, 0.4) is 0 Å². The van der Waals surface area contributed by atoms with E-state index in [0.29, 0.717) is 36.5 Å². The van der Waals surface area contributed by atoms with E-state index in [0.717, 1.165) is 34.7 Å². The second kappa shape index (κ2) is 15.5. The first-order chi connectivity index (χ1) is 24.0. The molecule has 0 radical (unpaired) electrons. The van der Waals surface area contributed by atoms with Gasteiger partial charge in [-0.25, -0.2) is 9.97 Å². The van der Waals surface area contributed by atoms with Gasteiger partial charge in [-0.05, 0) is 66.5 Å². The van der Waals surface area contributed by atoms with Gasteiger partial charge in [-0.3, -0.25) is 9.59 Å². The summed E-state index contributed by atoms with van der Waals surface area (Å²) in [6.07, 6.45) is 4.22. The third-order valence-electron chi connectivity index (χ3n) is 9.11. The van der Waals surface area contributed by atoms with Gasteiger partial charge in [0.25, 0.3) is 11.8 Å². The van der Waals surface area contributed by atoms with E-state index in [1.54, 1.807) is 29.5 Å². The molecule has 9 nitrogen and oxygen atoms in total. The number of nitrogens with zero attached hydrogens (tertiary/aromatic N) is 3. The van der Waals surface area contributed by atoms with Crippen molar-refractivity contribution in [3.63, 3.8) is 0 Å². The van der Waals surface area contributed by atoms with Gasteiger partial charge < -0.3 is 25.1 Å². The first-order valence-electron chi connectivity index (χ1n) is 17.2. The molecule has 1 saturated heterocycles. The quantitative estimate of drug-likeness (QED) is 0.131. The van der Waals surface area contributed by atoms with Crippen LogP contribution in [0.15, 0.2) is 95.1 Å². The van der Waals surface area contributed by atoms with Crippen molar-refractivity contribution in [2.45, 2.75) is 77.1 Å². The number of rotatable bonds is 12. The largest absolute Gasteiger partial charge is 0.445 e. The fourth-order valence-electron chi connectivity index (χ4n) is 6.39. The van der Waals surface area contributed by atoms with Crippen molar-refractivity contribution >= 4 is 23.2 Å². The van der Waals surface area contributed by atoms with Gasteiger partial charge in [-0.1, -0.05) is 75.4 Å². The van der Waals surface area contributed by atoms with E-state index in [2.05, 4.69) is 65.6 Å². The van der Waals surface area contributed by atoms with E-state index in [9.17, 15) is 14.7 Å². The van der Waals surface area contributed by atoms with Crippen LogP contribution < -0.4 is 10.6 Å². The maximum Gasteiger partial charge on any atom is 0.254 e. The van der Waals surface area contributed by atoms with Crippen molar-refractivity contribution in [3.8, 4) is 11.5 Å². The molecule has 0 bridgehead atoms. The van der Waals surface area contributed by atoms with Crippen molar-refractivity contribution in [1.82, 2.24) is 25.5 Å². The molecule has 3 unspecified atom stereocenters. The SMILES string of the molecule is Cc1csc(C2CCCN2C(=O)c2cc(C(=O)NC(Cc3ccccc3)C(O)CNCc3cccc(C(C)(C)C)c3)cc(-c3ncco3)c2)n1. The number of hydrogen-bond donors (Lipinski definition) is 3. The van der Waals surface area contributed by atoms with E-state index in [1.165, 1.54) is 18.0 Å². The molecule has 6 rings (SSSR count). The van der Waals surface area contributed by atoms with Gasteiger partial charge in [-0.2, -0.15) is 0 Å². The monoisotopic (exact) mass is 691 g/mol. The highest BCUT2D eigenvalue weighted by atomic mass is 32.1. The number of nitrogens with one attached hydrogen (secondary N) is 2. The predicted molar refractivity (Wildman–Crippen MR) is 196 cm³/mol. The van der Waals surface area contributed by atoms with Crippen LogP contribution in [-0.2, 0) is 18.4 Å². The van der Waals surface area contributed by atoms with Gasteiger partial charge in [0.05, 0.1) is 24.4 Å². The second-order valence-corrected chi connectivity index (χ2v) is 14.9. The Morgan fingerprint density at radius 1 is 1.04 bits per heavy atom. The zero-order chi connectivity index (χ0) is 35.3. The molecule has 1 aliphatic rings. The van der Waals surface area contributed by atoms with Crippen LogP contribution in [0.25, 0.3) is 11.5 Å². The average Bonchev–Trinajstić information content (AvgIpc) is 3.90. The summed E-state index contributed by atoms with van der Waals surface area (Å²) in [6.45, 7) is 9.96. The van der Waals surface area contributed by atoms with E-state index in [4.69, 9.17) is 4.42 Å². The lowest BCUT2D eigenvalue weighted by Crippen LogP contribution is -2.48. The Labute approximate surface area is 297 Å². The maximum atomic E-state index is 14.1. The molecule has 50 heavy (non-hydrogen) atoms. The third-order valence-corrected chi connectivity index (χ3v) is 10.2. The lowest BCUT2D eigenvalue weighted by Gasteiger charge is -2.26. The number of oxazole rings is 1. The Morgan fingerprint density at radius 2 is 1.82 bits per heavy atom. The number of thiazole rings is 1. The summed E-state index contributed by atoms with van der Waals surface area (Å²) in [4.78, 5) is 38.9. The normalized spacial score (nSPS) is 15.9. The highest BCUT2D eigenvalue weighted by Crippen LogP contribution is 2.35. The minimum atomic E-state index is -0.895. The fourth-order valence-corrected chi connectivity index (χ4v) is 7.33. The number of carbonyl (C=O) groups is 2. The number of aliphatic hydroxyl groups excluding tert-OH is 1. The summed E-state index contributed by atoms with van der Waals surface area (Å²) in [6, 6.07) is 22.5. The Morgan fingerprint density at radius 3 is 2.54 bits per heavy atom. The molecule has 3 atom stereocenters. The molecule has 0 saturated carbocycles. The van der Waals surface area contributed by atoms with E-state index >= 15 is 0 Å². The zero-order valence-corrected chi connectivity index (χ0v) is 29.9. The van der Waals surface area contributed by atoms with E-state index < -0.39 is 18.1 Å². The molecule has 3 N–H and O–H groups in total. The molecule has 0 spiro atoms. The molecule has 0 aliphatic carbocycles. The van der Waals surface area contributed by atoms with Crippen LogP contribution in [0.5, 0.6) is 0 Å². The molecule has 2 amide bonds. The summed E-state index contributed by atoms with van der Waals surface area (Å²) in [5.74, 6) is -0.273. The standard InChI is InChI=1S/C40H45N5O4S/c1-26-25-50-38(43-26)34-14-9-16-45(34)39(48)31-21-29(20-30(22-31)37-42-15-17-49-37)36(47)44-33(19-27-10-6-5-7-11-27)35(46)24-41-23-28-12-8-13-32(18-28)40(2,3)4/h5-8,10-13,15,17-18,20-22,25,33-35,41,46H,9,14,16,19,23-24H2,1-4H3,(H,44,47). The summed E-state index contributed by atoms with van der Waals surface area (Å²) < 4.78 is 5.59. The number of aliphatic hydroxyl groups is 1. The van der Waals surface area contributed by atoms with Gasteiger partial charge >= 0.3 is 0 Å². The number of amides is 2. The average molecular weight is 692 g/mol. The van der Waals surface area contributed by atoms with Gasteiger partial charge in [0, 0.05) is 47.4 Å². The predicted octanol–water partition coefficient (Wildman–Crippen LogP) is 6.87. The van der Waals surface area contributed by atoms with E-state index in [-0.39, 0.29) is 29.5 Å². The Hall–Kier alpha value is -4.64. The number of aromatic nitrogens is 2. The van der Waals surface area contributed by atoms with Gasteiger partial charge in [-0.15, -0.1) is 11.3 Å². The molecular weight excluding hydrogens is 647 g/mol. The van der Waals surface area contributed by atoms with Crippen molar-refractivity contribution in [2.75, 3.05) is 13.1 Å². The van der Waals surface area contributed by atoms with Crippen molar-refractivity contribution in [2.24, 2.45) is 0 Å². The molecule has 5 aromatic rings. The topological polar surface area (TPSA) is 121 Å². The fraction of sp³-hybridized carbons (Fsp3) is 0.350. The number of hydrogen-bond acceptors (Lipinski definition) is 8. The molecular formula is C40H45N5O4S. The number of carbonyl (C=O) groups excluding carboxylic acids is 2. The molecule has 10 heteroatoms. The molecule has 3 aromatic carbocycles. The van der Waals surface area contributed by atoms with Crippen LogP contribution >= 0.6 is 11.3 Å². The lowest BCUT2D eigenvalue weighted by molar-refractivity contribution is 0.0735. The van der Waals surface area contributed by atoms with Crippen LogP contribution in [-0.4, -0.2) is 57.0 Å². The van der Waals surface area contributed by atoms with Gasteiger partial charge in [0.15, 0.2) is 0 Å². The molecule has 1 fully saturated rings. The number of likely N-dealkylation sites (tertiary alicyclic amines) is 1. The van der Waals surface area contributed by atoms with Crippen LogP contribution in [0.1, 0.15) is 87.8 Å². The minimum absolute atomic E-state index is 0.0337. The van der Waals surface area contributed by atoms with Gasteiger partial charge in [0.1, 0.15) is 11.3 Å². The summed E-state index contributed by atoms with van der Waals surface area (Å²) in [5, 5.41) is 20.9. The maximum absolute atomic E-state index is 14.1.